The Morgan fingerprint density at radius 3 is 2.61 bits per heavy atom. The SMILES string of the molecule is O=C(CCNC(=O)NC1CCCCC1)NCCc1cnn(-c2ccccc2)c1. The molecule has 1 fully saturated rings. The maximum Gasteiger partial charge on any atom is 0.315 e. The molecule has 1 aliphatic rings. The number of urea groups is 1. The fraction of sp³-hybridized carbons (Fsp3) is 0.476. The molecule has 0 saturated heterocycles. The molecule has 7 nitrogen and oxygen atoms in total. The highest BCUT2D eigenvalue weighted by Crippen LogP contribution is 2.17. The van der Waals surface area contributed by atoms with Crippen molar-refractivity contribution in [3.63, 3.8) is 0 Å². The molecule has 2 aromatic rings. The van der Waals surface area contributed by atoms with E-state index in [1.165, 1.54) is 19.3 Å². The lowest BCUT2D eigenvalue weighted by Crippen LogP contribution is -2.43. The van der Waals surface area contributed by atoms with Gasteiger partial charge in [0.05, 0.1) is 11.9 Å². The normalized spacial score (nSPS) is 14.4. The molecule has 1 saturated carbocycles. The van der Waals surface area contributed by atoms with Gasteiger partial charge in [0.15, 0.2) is 0 Å². The lowest BCUT2D eigenvalue weighted by molar-refractivity contribution is -0.120. The number of nitrogens with zero attached hydrogens (tertiary/aromatic N) is 2. The molecule has 1 aromatic carbocycles. The van der Waals surface area contributed by atoms with Crippen LogP contribution in [0.2, 0.25) is 0 Å². The first-order valence-electron chi connectivity index (χ1n) is 10.1. The molecule has 0 bridgehead atoms. The van der Waals surface area contributed by atoms with Gasteiger partial charge in [-0.2, -0.15) is 5.10 Å². The molecule has 1 aromatic heterocycles. The van der Waals surface area contributed by atoms with Crippen molar-refractivity contribution >= 4 is 11.9 Å². The fourth-order valence-electron chi connectivity index (χ4n) is 3.42. The summed E-state index contributed by atoms with van der Waals surface area (Å²) >= 11 is 0. The zero-order valence-electron chi connectivity index (χ0n) is 16.2. The van der Waals surface area contributed by atoms with Gasteiger partial charge in [0.1, 0.15) is 0 Å². The first-order chi connectivity index (χ1) is 13.7. The number of benzene rings is 1. The Bertz CT molecular complexity index is 753. The molecule has 3 rings (SSSR count). The van der Waals surface area contributed by atoms with E-state index in [9.17, 15) is 9.59 Å². The zero-order chi connectivity index (χ0) is 19.6. The summed E-state index contributed by atoms with van der Waals surface area (Å²) in [6, 6.07) is 10.0. The number of hydrogen-bond acceptors (Lipinski definition) is 3. The Morgan fingerprint density at radius 1 is 1.04 bits per heavy atom. The van der Waals surface area contributed by atoms with Crippen molar-refractivity contribution in [2.45, 2.75) is 51.0 Å². The number of carbonyl (C=O) groups excluding carboxylic acids is 2. The zero-order valence-corrected chi connectivity index (χ0v) is 16.2. The van der Waals surface area contributed by atoms with Crippen LogP contribution in [0.5, 0.6) is 0 Å². The Morgan fingerprint density at radius 2 is 1.82 bits per heavy atom. The summed E-state index contributed by atoms with van der Waals surface area (Å²) in [5, 5.41) is 13.0. The van der Waals surface area contributed by atoms with Gasteiger partial charge in [0, 0.05) is 31.7 Å². The third kappa shape index (κ3) is 6.40. The Kier molecular flexibility index (Phi) is 7.46. The monoisotopic (exact) mass is 383 g/mol. The van der Waals surface area contributed by atoms with Crippen LogP contribution in [0.25, 0.3) is 5.69 Å². The minimum atomic E-state index is -0.173. The molecular formula is C21H29N5O2. The van der Waals surface area contributed by atoms with Crippen LogP contribution < -0.4 is 16.0 Å². The van der Waals surface area contributed by atoms with E-state index in [0.29, 0.717) is 19.5 Å². The molecule has 3 N–H and O–H groups in total. The average Bonchev–Trinajstić information content (AvgIpc) is 3.18. The number of nitrogens with one attached hydrogen (secondary N) is 3. The maximum atomic E-state index is 11.9. The second-order valence-electron chi connectivity index (χ2n) is 7.21. The van der Waals surface area contributed by atoms with Crippen molar-refractivity contribution in [2.24, 2.45) is 0 Å². The van der Waals surface area contributed by atoms with Crippen molar-refractivity contribution in [3.8, 4) is 5.69 Å². The maximum absolute atomic E-state index is 11.9. The number of rotatable bonds is 8. The molecule has 28 heavy (non-hydrogen) atoms. The predicted octanol–water partition coefficient (Wildman–Crippen LogP) is 2.55. The minimum absolute atomic E-state index is 0.0617. The van der Waals surface area contributed by atoms with Crippen molar-refractivity contribution in [3.05, 3.63) is 48.3 Å². The van der Waals surface area contributed by atoms with Crippen molar-refractivity contribution < 1.29 is 9.59 Å². The second-order valence-corrected chi connectivity index (χ2v) is 7.21. The summed E-state index contributed by atoms with van der Waals surface area (Å²) < 4.78 is 1.83. The van der Waals surface area contributed by atoms with E-state index >= 15 is 0 Å². The molecule has 7 heteroatoms. The molecule has 0 atom stereocenters. The molecule has 1 aliphatic carbocycles. The number of aromatic nitrogens is 2. The molecule has 150 valence electrons. The van der Waals surface area contributed by atoms with Gasteiger partial charge in [-0.3, -0.25) is 4.79 Å². The number of amides is 3. The van der Waals surface area contributed by atoms with E-state index in [1.54, 1.807) is 0 Å². The quantitative estimate of drug-likeness (QED) is 0.655. The molecule has 0 aliphatic heterocycles. The predicted molar refractivity (Wildman–Crippen MR) is 108 cm³/mol. The van der Waals surface area contributed by atoms with Crippen LogP contribution in [0.15, 0.2) is 42.7 Å². The van der Waals surface area contributed by atoms with Gasteiger partial charge >= 0.3 is 6.03 Å². The smallest absolute Gasteiger partial charge is 0.315 e. The highest BCUT2D eigenvalue weighted by Gasteiger charge is 2.15. The van der Waals surface area contributed by atoms with Crippen LogP contribution >= 0.6 is 0 Å². The fourth-order valence-corrected chi connectivity index (χ4v) is 3.42. The molecule has 0 spiro atoms. The second kappa shape index (κ2) is 10.5. The van der Waals surface area contributed by atoms with E-state index in [-0.39, 0.29) is 24.4 Å². The summed E-state index contributed by atoms with van der Waals surface area (Å²) in [5.74, 6) is -0.0617. The summed E-state index contributed by atoms with van der Waals surface area (Å²) in [6.45, 7) is 0.893. The van der Waals surface area contributed by atoms with Crippen LogP contribution in [0.4, 0.5) is 4.79 Å². The average molecular weight is 383 g/mol. The molecular weight excluding hydrogens is 354 g/mol. The summed E-state index contributed by atoms with van der Waals surface area (Å²) in [4.78, 5) is 23.8. The van der Waals surface area contributed by atoms with Gasteiger partial charge in [-0.05, 0) is 37.0 Å². The van der Waals surface area contributed by atoms with Gasteiger partial charge in [0.2, 0.25) is 5.91 Å². The third-order valence-electron chi connectivity index (χ3n) is 4.97. The number of para-hydroxylation sites is 1. The summed E-state index contributed by atoms with van der Waals surface area (Å²) in [7, 11) is 0. The van der Waals surface area contributed by atoms with E-state index in [4.69, 9.17) is 0 Å². The van der Waals surface area contributed by atoms with Crippen molar-refractivity contribution in [1.82, 2.24) is 25.7 Å². The minimum Gasteiger partial charge on any atom is -0.356 e. The summed E-state index contributed by atoms with van der Waals surface area (Å²) in [5.41, 5.74) is 2.07. The molecule has 1 heterocycles. The third-order valence-corrected chi connectivity index (χ3v) is 4.97. The molecule has 3 amide bonds. The van der Waals surface area contributed by atoms with Crippen LogP contribution in [-0.2, 0) is 11.2 Å². The number of hydrogen-bond donors (Lipinski definition) is 3. The molecule has 0 radical (unpaired) electrons. The van der Waals surface area contributed by atoms with E-state index in [0.717, 1.165) is 24.1 Å². The Hall–Kier alpha value is -2.83. The van der Waals surface area contributed by atoms with Crippen LogP contribution in [0.3, 0.4) is 0 Å². The van der Waals surface area contributed by atoms with E-state index in [1.807, 2.05) is 47.4 Å². The lowest BCUT2D eigenvalue weighted by Gasteiger charge is -2.22. The summed E-state index contributed by atoms with van der Waals surface area (Å²) in [6.07, 6.45) is 10.5. The van der Waals surface area contributed by atoms with Gasteiger partial charge in [-0.25, -0.2) is 9.48 Å². The van der Waals surface area contributed by atoms with Crippen molar-refractivity contribution in [1.29, 1.82) is 0 Å². The van der Waals surface area contributed by atoms with Crippen LogP contribution in [-0.4, -0.2) is 40.9 Å². The van der Waals surface area contributed by atoms with Gasteiger partial charge in [-0.15, -0.1) is 0 Å². The first-order valence-corrected chi connectivity index (χ1v) is 10.1. The van der Waals surface area contributed by atoms with Crippen molar-refractivity contribution in [2.75, 3.05) is 13.1 Å². The lowest BCUT2D eigenvalue weighted by atomic mass is 9.96. The van der Waals surface area contributed by atoms with Gasteiger partial charge < -0.3 is 16.0 Å². The Labute approximate surface area is 165 Å². The molecule has 0 unspecified atom stereocenters. The standard InChI is InChI=1S/C21H29N5O2/c27-20(12-14-23-21(28)25-18-7-3-1-4-8-18)22-13-11-17-15-24-26(16-17)19-9-5-2-6-10-19/h2,5-6,9-10,15-16,18H,1,3-4,7-8,11-14H2,(H,22,27)(H2,23,25,28). The Balaban J connectivity index is 1.28. The van der Waals surface area contributed by atoms with E-state index in [2.05, 4.69) is 21.0 Å². The topological polar surface area (TPSA) is 88.1 Å². The van der Waals surface area contributed by atoms with Crippen LogP contribution in [0.1, 0.15) is 44.1 Å². The largest absolute Gasteiger partial charge is 0.356 e. The van der Waals surface area contributed by atoms with E-state index < -0.39 is 0 Å². The highest BCUT2D eigenvalue weighted by atomic mass is 16.2. The van der Waals surface area contributed by atoms with Gasteiger partial charge in [-0.1, -0.05) is 37.5 Å². The first kappa shape index (κ1) is 19.9. The number of carbonyl (C=O) groups is 2. The van der Waals surface area contributed by atoms with Gasteiger partial charge in [0.25, 0.3) is 0 Å². The highest BCUT2D eigenvalue weighted by molar-refractivity contribution is 5.78. The van der Waals surface area contributed by atoms with Crippen LogP contribution in [0, 0.1) is 0 Å².